The Hall–Kier alpha value is -1.55. The summed E-state index contributed by atoms with van der Waals surface area (Å²) >= 11 is 0. The molecular formula is C14H20N2O2. The molecule has 1 aliphatic rings. The van der Waals surface area contributed by atoms with E-state index in [0.29, 0.717) is 0 Å². The van der Waals surface area contributed by atoms with Crippen molar-refractivity contribution >= 4 is 11.6 Å². The fourth-order valence-corrected chi connectivity index (χ4v) is 2.32. The fraction of sp³-hybridized carbons (Fsp3) is 0.500. The summed E-state index contributed by atoms with van der Waals surface area (Å²) in [6.07, 6.45) is 0. The van der Waals surface area contributed by atoms with Crippen LogP contribution in [-0.4, -0.2) is 32.2 Å². The average molecular weight is 248 g/mol. The Labute approximate surface area is 108 Å². The number of morpholine rings is 1. The Morgan fingerprint density at radius 2 is 2.06 bits per heavy atom. The van der Waals surface area contributed by atoms with Crippen molar-refractivity contribution in [2.24, 2.45) is 5.73 Å². The van der Waals surface area contributed by atoms with Crippen LogP contribution in [0, 0.1) is 6.92 Å². The molecule has 98 valence electrons. The van der Waals surface area contributed by atoms with E-state index in [4.69, 9.17) is 10.5 Å². The molecule has 0 saturated carbocycles. The molecule has 18 heavy (non-hydrogen) atoms. The molecule has 1 amide bonds. The molecule has 1 fully saturated rings. The number of aryl methyl sites for hydroxylation is 1. The highest BCUT2D eigenvalue weighted by Crippen LogP contribution is 2.25. The van der Waals surface area contributed by atoms with Gasteiger partial charge in [-0.25, -0.2) is 0 Å². The SMILES string of the molecule is Cc1cc(N2CCOCC2)ccc1C(C)C(N)=O. The lowest BCUT2D eigenvalue weighted by Crippen LogP contribution is -2.36. The highest BCUT2D eigenvalue weighted by Gasteiger charge is 2.16. The summed E-state index contributed by atoms with van der Waals surface area (Å²) < 4.78 is 5.34. The number of anilines is 1. The molecule has 4 heteroatoms. The average Bonchev–Trinajstić information content (AvgIpc) is 2.38. The van der Waals surface area contributed by atoms with Gasteiger partial charge in [-0.2, -0.15) is 0 Å². The number of nitrogens with two attached hydrogens (primary N) is 1. The van der Waals surface area contributed by atoms with Gasteiger partial charge < -0.3 is 15.4 Å². The molecule has 1 atom stereocenters. The molecule has 0 aliphatic carbocycles. The number of amides is 1. The second-order valence-electron chi connectivity index (χ2n) is 4.76. The van der Waals surface area contributed by atoms with Crippen molar-refractivity contribution in [1.29, 1.82) is 0 Å². The monoisotopic (exact) mass is 248 g/mol. The van der Waals surface area contributed by atoms with Gasteiger partial charge in [-0.05, 0) is 37.1 Å². The zero-order valence-corrected chi connectivity index (χ0v) is 11.0. The van der Waals surface area contributed by atoms with Crippen LogP contribution in [0.15, 0.2) is 18.2 Å². The first kappa shape index (κ1) is 12.9. The van der Waals surface area contributed by atoms with Crippen molar-refractivity contribution in [1.82, 2.24) is 0 Å². The third kappa shape index (κ3) is 2.64. The van der Waals surface area contributed by atoms with Crippen LogP contribution in [0.4, 0.5) is 5.69 Å². The highest BCUT2D eigenvalue weighted by molar-refractivity contribution is 5.82. The normalized spacial score (nSPS) is 17.6. The zero-order chi connectivity index (χ0) is 13.1. The van der Waals surface area contributed by atoms with E-state index in [1.807, 2.05) is 19.9 Å². The van der Waals surface area contributed by atoms with Crippen LogP contribution >= 0.6 is 0 Å². The number of hydrogen-bond acceptors (Lipinski definition) is 3. The van der Waals surface area contributed by atoms with E-state index in [9.17, 15) is 4.79 Å². The van der Waals surface area contributed by atoms with Crippen LogP contribution in [0.5, 0.6) is 0 Å². The number of primary amides is 1. The largest absolute Gasteiger partial charge is 0.378 e. The van der Waals surface area contributed by atoms with Gasteiger partial charge >= 0.3 is 0 Å². The molecule has 1 heterocycles. The molecular weight excluding hydrogens is 228 g/mol. The second kappa shape index (κ2) is 5.40. The van der Waals surface area contributed by atoms with Gasteiger partial charge in [0.1, 0.15) is 0 Å². The van der Waals surface area contributed by atoms with Crippen molar-refractivity contribution in [2.45, 2.75) is 19.8 Å². The Morgan fingerprint density at radius 1 is 1.39 bits per heavy atom. The molecule has 0 radical (unpaired) electrons. The molecule has 1 unspecified atom stereocenters. The van der Waals surface area contributed by atoms with Crippen molar-refractivity contribution in [3.8, 4) is 0 Å². The predicted molar refractivity (Wildman–Crippen MR) is 71.8 cm³/mol. The maximum absolute atomic E-state index is 11.2. The molecule has 0 spiro atoms. The van der Waals surface area contributed by atoms with E-state index in [1.54, 1.807) is 0 Å². The number of rotatable bonds is 3. The maximum atomic E-state index is 11.2. The minimum absolute atomic E-state index is 0.233. The first-order valence-electron chi connectivity index (χ1n) is 6.32. The predicted octanol–water partition coefficient (Wildman–Crippen LogP) is 1.42. The maximum Gasteiger partial charge on any atom is 0.224 e. The summed E-state index contributed by atoms with van der Waals surface area (Å²) in [5, 5.41) is 0. The number of nitrogens with zero attached hydrogens (tertiary/aromatic N) is 1. The van der Waals surface area contributed by atoms with Crippen LogP contribution in [0.1, 0.15) is 24.0 Å². The summed E-state index contributed by atoms with van der Waals surface area (Å²) in [4.78, 5) is 13.5. The van der Waals surface area contributed by atoms with E-state index < -0.39 is 0 Å². The molecule has 1 aromatic rings. The van der Waals surface area contributed by atoms with E-state index in [-0.39, 0.29) is 11.8 Å². The number of ether oxygens (including phenoxy) is 1. The third-order valence-corrected chi connectivity index (χ3v) is 3.52. The van der Waals surface area contributed by atoms with Crippen LogP contribution in [0.3, 0.4) is 0 Å². The van der Waals surface area contributed by atoms with Gasteiger partial charge in [0.2, 0.25) is 5.91 Å². The lowest BCUT2D eigenvalue weighted by atomic mass is 9.95. The van der Waals surface area contributed by atoms with Gasteiger partial charge in [-0.3, -0.25) is 4.79 Å². The smallest absolute Gasteiger partial charge is 0.224 e. The van der Waals surface area contributed by atoms with Crippen molar-refractivity contribution in [3.63, 3.8) is 0 Å². The summed E-state index contributed by atoms with van der Waals surface area (Å²) in [6.45, 7) is 7.27. The molecule has 1 aromatic carbocycles. The quantitative estimate of drug-likeness (QED) is 0.880. The second-order valence-corrected chi connectivity index (χ2v) is 4.76. The molecule has 2 N–H and O–H groups in total. The topological polar surface area (TPSA) is 55.6 Å². The van der Waals surface area contributed by atoms with Crippen molar-refractivity contribution in [3.05, 3.63) is 29.3 Å². The Balaban J connectivity index is 2.21. The van der Waals surface area contributed by atoms with Gasteiger partial charge in [0.25, 0.3) is 0 Å². The lowest BCUT2D eigenvalue weighted by molar-refractivity contribution is -0.119. The molecule has 0 bridgehead atoms. The standard InChI is InChI=1S/C14H20N2O2/c1-10-9-12(16-5-7-18-8-6-16)3-4-13(10)11(2)14(15)17/h3-4,9,11H,5-8H2,1-2H3,(H2,15,17). The van der Waals surface area contributed by atoms with Gasteiger partial charge in [0.15, 0.2) is 0 Å². The van der Waals surface area contributed by atoms with E-state index >= 15 is 0 Å². The van der Waals surface area contributed by atoms with Gasteiger partial charge in [-0.15, -0.1) is 0 Å². The van der Waals surface area contributed by atoms with E-state index in [1.165, 1.54) is 5.69 Å². The number of hydrogen-bond donors (Lipinski definition) is 1. The third-order valence-electron chi connectivity index (χ3n) is 3.52. The van der Waals surface area contributed by atoms with Crippen molar-refractivity contribution in [2.75, 3.05) is 31.2 Å². The minimum atomic E-state index is -0.280. The van der Waals surface area contributed by atoms with Crippen LogP contribution < -0.4 is 10.6 Å². The molecule has 2 rings (SSSR count). The molecule has 0 aromatic heterocycles. The summed E-state index contributed by atoms with van der Waals surface area (Å²) in [6, 6.07) is 6.20. The Kier molecular flexibility index (Phi) is 3.87. The van der Waals surface area contributed by atoms with Crippen LogP contribution in [0.25, 0.3) is 0 Å². The van der Waals surface area contributed by atoms with Crippen LogP contribution in [0.2, 0.25) is 0 Å². The Morgan fingerprint density at radius 3 is 2.61 bits per heavy atom. The van der Waals surface area contributed by atoms with Crippen molar-refractivity contribution < 1.29 is 9.53 Å². The summed E-state index contributed by atoms with van der Waals surface area (Å²) in [7, 11) is 0. The lowest BCUT2D eigenvalue weighted by Gasteiger charge is -2.29. The number of benzene rings is 1. The zero-order valence-electron chi connectivity index (χ0n) is 11.0. The van der Waals surface area contributed by atoms with Gasteiger partial charge in [0, 0.05) is 18.8 Å². The van der Waals surface area contributed by atoms with Gasteiger partial charge in [-0.1, -0.05) is 6.07 Å². The van der Waals surface area contributed by atoms with Gasteiger partial charge in [0.05, 0.1) is 19.1 Å². The number of carbonyl (C=O) groups excluding carboxylic acids is 1. The first-order chi connectivity index (χ1) is 8.59. The van der Waals surface area contributed by atoms with E-state index in [2.05, 4.69) is 17.0 Å². The summed E-state index contributed by atoms with van der Waals surface area (Å²) in [5.74, 6) is -0.513. The first-order valence-corrected chi connectivity index (χ1v) is 6.32. The highest BCUT2D eigenvalue weighted by atomic mass is 16.5. The summed E-state index contributed by atoms with van der Waals surface area (Å²) in [5.41, 5.74) is 8.67. The minimum Gasteiger partial charge on any atom is -0.378 e. The molecule has 1 saturated heterocycles. The molecule has 1 aliphatic heterocycles. The number of carbonyl (C=O) groups is 1. The Bertz CT molecular complexity index is 439. The fourth-order valence-electron chi connectivity index (χ4n) is 2.32. The van der Waals surface area contributed by atoms with Crippen LogP contribution in [-0.2, 0) is 9.53 Å². The molecule has 4 nitrogen and oxygen atoms in total. The van der Waals surface area contributed by atoms with E-state index in [0.717, 1.165) is 37.4 Å².